The van der Waals surface area contributed by atoms with Crippen LogP contribution in [0.4, 0.5) is 0 Å². The van der Waals surface area contributed by atoms with E-state index in [-0.39, 0.29) is 23.9 Å². The monoisotopic (exact) mass is 264 g/mol. The number of carbonyl (C=O) groups is 1. The molecule has 2 fully saturated rings. The van der Waals surface area contributed by atoms with Gasteiger partial charge in [0.25, 0.3) is 0 Å². The fourth-order valence-electron chi connectivity index (χ4n) is 3.84. The van der Waals surface area contributed by atoms with Crippen molar-refractivity contribution in [2.75, 3.05) is 0 Å². The summed E-state index contributed by atoms with van der Waals surface area (Å²) < 4.78 is 5.46. The van der Waals surface area contributed by atoms with E-state index in [9.17, 15) is 15.0 Å². The van der Waals surface area contributed by atoms with E-state index in [1.165, 1.54) is 0 Å². The van der Waals surface area contributed by atoms with Crippen LogP contribution in [0.5, 0.6) is 0 Å². The molecule has 2 N–H and O–H groups in total. The summed E-state index contributed by atoms with van der Waals surface area (Å²) in [4.78, 5) is 11.7. The van der Waals surface area contributed by atoms with Crippen LogP contribution in [0.25, 0.3) is 0 Å². The van der Waals surface area contributed by atoms with Gasteiger partial charge in [-0.2, -0.15) is 0 Å². The van der Waals surface area contributed by atoms with Crippen molar-refractivity contribution in [2.24, 2.45) is 11.8 Å². The normalized spacial score (nSPS) is 45.9. The molecule has 0 unspecified atom stereocenters. The number of ether oxygens (including phenoxy) is 1. The number of aliphatic hydroxyl groups is 2. The van der Waals surface area contributed by atoms with Crippen molar-refractivity contribution < 1.29 is 19.7 Å². The van der Waals surface area contributed by atoms with Crippen LogP contribution in [-0.2, 0) is 9.53 Å². The highest BCUT2D eigenvalue weighted by molar-refractivity contribution is 5.91. The molecule has 2 aliphatic carbocycles. The van der Waals surface area contributed by atoms with Gasteiger partial charge in [-0.05, 0) is 44.3 Å². The Balaban J connectivity index is 2.10. The Bertz CT molecular complexity index is 488. The van der Waals surface area contributed by atoms with Crippen LogP contribution < -0.4 is 0 Å². The van der Waals surface area contributed by atoms with Crippen molar-refractivity contribution in [3.63, 3.8) is 0 Å². The lowest BCUT2D eigenvalue weighted by Crippen LogP contribution is -2.35. The Hall–Kier alpha value is -1.13. The van der Waals surface area contributed by atoms with E-state index in [2.05, 4.69) is 6.58 Å². The standard InChI is InChI=1S/C15H20O4/c1-7-9-4-5-15(3,18)10-6-11(16)8(2)12(10)13(9)19-14(7)17/h9-11,13,16,18H,1,4-6H2,2-3H3/t9-,10+,11+,13-,15+/m0/s1. The summed E-state index contributed by atoms with van der Waals surface area (Å²) in [5, 5.41) is 20.7. The number of hydrogen-bond acceptors (Lipinski definition) is 4. The summed E-state index contributed by atoms with van der Waals surface area (Å²) in [6, 6.07) is 0. The Kier molecular flexibility index (Phi) is 2.67. The zero-order valence-electron chi connectivity index (χ0n) is 11.3. The number of hydrogen-bond donors (Lipinski definition) is 2. The summed E-state index contributed by atoms with van der Waals surface area (Å²) in [5.74, 6) is -0.521. The smallest absolute Gasteiger partial charge is 0.334 e. The van der Waals surface area contributed by atoms with Gasteiger partial charge in [0.1, 0.15) is 6.10 Å². The quantitative estimate of drug-likeness (QED) is 0.393. The van der Waals surface area contributed by atoms with Crippen LogP contribution in [0.1, 0.15) is 33.1 Å². The molecule has 0 amide bonds. The second-order valence-electron chi connectivity index (χ2n) is 6.30. The third-order valence-electron chi connectivity index (χ3n) is 5.12. The predicted octanol–water partition coefficient (Wildman–Crippen LogP) is 1.33. The van der Waals surface area contributed by atoms with Crippen LogP contribution in [-0.4, -0.2) is 34.0 Å². The predicted molar refractivity (Wildman–Crippen MR) is 69.2 cm³/mol. The first-order valence-electron chi connectivity index (χ1n) is 6.83. The maximum absolute atomic E-state index is 11.7. The van der Waals surface area contributed by atoms with Crippen molar-refractivity contribution in [3.05, 3.63) is 23.3 Å². The summed E-state index contributed by atoms with van der Waals surface area (Å²) >= 11 is 0. The molecule has 3 rings (SSSR count). The molecule has 0 aromatic carbocycles. The van der Waals surface area contributed by atoms with E-state index in [4.69, 9.17) is 4.74 Å². The highest BCUT2D eigenvalue weighted by Gasteiger charge is 2.53. The van der Waals surface area contributed by atoms with Gasteiger partial charge in [-0.25, -0.2) is 4.79 Å². The fourth-order valence-corrected chi connectivity index (χ4v) is 3.84. The number of rotatable bonds is 0. The zero-order valence-corrected chi connectivity index (χ0v) is 11.3. The van der Waals surface area contributed by atoms with E-state index >= 15 is 0 Å². The first-order valence-corrected chi connectivity index (χ1v) is 6.83. The molecule has 0 radical (unpaired) electrons. The first-order chi connectivity index (χ1) is 8.83. The Morgan fingerprint density at radius 2 is 2.16 bits per heavy atom. The second kappa shape index (κ2) is 3.93. The van der Waals surface area contributed by atoms with Crippen molar-refractivity contribution >= 4 is 5.97 Å². The van der Waals surface area contributed by atoms with Crippen molar-refractivity contribution in [3.8, 4) is 0 Å². The number of carbonyl (C=O) groups excluding carboxylic acids is 1. The average molecular weight is 264 g/mol. The Morgan fingerprint density at radius 3 is 2.84 bits per heavy atom. The van der Waals surface area contributed by atoms with Crippen LogP contribution in [0.2, 0.25) is 0 Å². The van der Waals surface area contributed by atoms with Crippen LogP contribution in [0.3, 0.4) is 0 Å². The summed E-state index contributed by atoms with van der Waals surface area (Å²) in [6.07, 6.45) is 0.930. The molecule has 4 heteroatoms. The minimum absolute atomic E-state index is 0.0563. The highest BCUT2D eigenvalue weighted by atomic mass is 16.6. The van der Waals surface area contributed by atoms with E-state index in [0.29, 0.717) is 24.8 Å². The molecule has 0 spiro atoms. The zero-order chi connectivity index (χ0) is 13.9. The lowest BCUT2D eigenvalue weighted by molar-refractivity contribution is -0.138. The van der Waals surface area contributed by atoms with Gasteiger partial charge >= 0.3 is 5.97 Å². The van der Waals surface area contributed by atoms with Gasteiger partial charge in [0.2, 0.25) is 0 Å². The summed E-state index contributed by atoms with van der Waals surface area (Å²) in [7, 11) is 0. The van der Waals surface area contributed by atoms with E-state index in [1.54, 1.807) is 0 Å². The molecule has 0 aromatic rings. The van der Waals surface area contributed by atoms with Crippen molar-refractivity contribution in [1.82, 2.24) is 0 Å². The minimum Gasteiger partial charge on any atom is -0.454 e. The van der Waals surface area contributed by atoms with Gasteiger partial charge in [0, 0.05) is 17.4 Å². The van der Waals surface area contributed by atoms with E-state index in [0.717, 1.165) is 11.1 Å². The molecular formula is C15H20O4. The molecule has 1 heterocycles. The molecular weight excluding hydrogens is 244 g/mol. The van der Waals surface area contributed by atoms with Gasteiger partial charge in [-0.3, -0.25) is 0 Å². The average Bonchev–Trinajstić information content (AvgIpc) is 2.74. The molecule has 1 aliphatic heterocycles. The maximum atomic E-state index is 11.7. The lowest BCUT2D eigenvalue weighted by atomic mass is 9.82. The SMILES string of the molecule is C=C1C(=O)O[C@@H]2C3=C(C)[C@H](O)C[C@H]3[C@](C)(O)CC[C@@H]12. The van der Waals surface area contributed by atoms with E-state index < -0.39 is 11.7 Å². The Morgan fingerprint density at radius 1 is 1.47 bits per heavy atom. The van der Waals surface area contributed by atoms with Gasteiger partial charge < -0.3 is 14.9 Å². The maximum Gasteiger partial charge on any atom is 0.334 e. The molecule has 1 saturated carbocycles. The summed E-state index contributed by atoms with van der Waals surface area (Å²) in [6.45, 7) is 7.51. The van der Waals surface area contributed by atoms with Crippen molar-refractivity contribution in [2.45, 2.75) is 50.9 Å². The largest absolute Gasteiger partial charge is 0.454 e. The third kappa shape index (κ3) is 1.70. The third-order valence-corrected chi connectivity index (χ3v) is 5.12. The molecule has 1 saturated heterocycles. The molecule has 0 aromatic heterocycles. The van der Waals surface area contributed by atoms with Gasteiger partial charge in [-0.1, -0.05) is 6.58 Å². The van der Waals surface area contributed by atoms with Gasteiger partial charge in [-0.15, -0.1) is 0 Å². The van der Waals surface area contributed by atoms with Gasteiger partial charge in [0.15, 0.2) is 0 Å². The van der Waals surface area contributed by atoms with Crippen LogP contribution in [0, 0.1) is 11.8 Å². The molecule has 3 aliphatic rings. The topological polar surface area (TPSA) is 66.8 Å². The summed E-state index contributed by atoms with van der Waals surface area (Å²) in [5.41, 5.74) is 1.42. The molecule has 4 nitrogen and oxygen atoms in total. The molecule has 104 valence electrons. The molecule has 5 atom stereocenters. The molecule has 0 bridgehead atoms. The first kappa shape index (κ1) is 12.9. The van der Waals surface area contributed by atoms with Crippen LogP contribution in [0.15, 0.2) is 23.3 Å². The lowest BCUT2D eigenvalue weighted by Gasteiger charge is -2.31. The number of aliphatic hydroxyl groups excluding tert-OH is 1. The van der Waals surface area contributed by atoms with E-state index in [1.807, 2.05) is 13.8 Å². The highest BCUT2D eigenvalue weighted by Crippen LogP contribution is 2.51. The van der Waals surface area contributed by atoms with Gasteiger partial charge in [0.05, 0.1) is 11.7 Å². The Labute approximate surface area is 112 Å². The van der Waals surface area contributed by atoms with Crippen LogP contribution >= 0.6 is 0 Å². The number of fused-ring (bicyclic) bond motifs is 3. The second-order valence-corrected chi connectivity index (χ2v) is 6.30. The number of esters is 1. The minimum atomic E-state index is -0.856. The molecule has 19 heavy (non-hydrogen) atoms. The fraction of sp³-hybridized carbons (Fsp3) is 0.667. The van der Waals surface area contributed by atoms with Crippen molar-refractivity contribution in [1.29, 1.82) is 0 Å².